The Bertz CT molecular complexity index is 335. The number of benzene rings is 1. The molecule has 0 heterocycles. The van der Waals surface area contributed by atoms with Crippen molar-refractivity contribution in [2.45, 2.75) is 38.8 Å². The molecule has 2 N–H and O–H groups in total. The number of hydrogen-bond donors (Lipinski definition) is 2. The van der Waals surface area contributed by atoms with Gasteiger partial charge < -0.3 is 10.4 Å². The maximum Gasteiger partial charge on any atom is 0.0741 e. The number of aliphatic hydroxyl groups is 1. The molecule has 2 nitrogen and oxygen atoms in total. The van der Waals surface area contributed by atoms with E-state index in [0.29, 0.717) is 0 Å². The topological polar surface area (TPSA) is 32.3 Å². The lowest BCUT2D eigenvalue weighted by Gasteiger charge is -2.34. The van der Waals surface area contributed by atoms with Gasteiger partial charge in [-0.1, -0.05) is 12.1 Å². The van der Waals surface area contributed by atoms with Gasteiger partial charge in [0.15, 0.2) is 0 Å². The quantitative estimate of drug-likeness (QED) is 0.751. The molecule has 0 aliphatic heterocycles. The van der Waals surface area contributed by atoms with Gasteiger partial charge in [0.05, 0.1) is 12.1 Å². The first-order valence-corrected chi connectivity index (χ1v) is 5.18. The lowest BCUT2D eigenvalue weighted by molar-refractivity contribution is 0.0786. The molecule has 0 amide bonds. The number of aryl methyl sites for hydroxylation is 2. The highest BCUT2D eigenvalue weighted by molar-refractivity contribution is 5.53. The van der Waals surface area contributed by atoms with Crippen molar-refractivity contribution in [3.63, 3.8) is 0 Å². The molecule has 2 rings (SSSR count). The molecule has 2 atom stereocenters. The fourth-order valence-corrected chi connectivity index (χ4v) is 1.74. The van der Waals surface area contributed by atoms with Gasteiger partial charge in [-0.15, -0.1) is 0 Å². The third-order valence-electron chi connectivity index (χ3n) is 2.97. The number of anilines is 1. The summed E-state index contributed by atoms with van der Waals surface area (Å²) < 4.78 is 0. The van der Waals surface area contributed by atoms with E-state index in [1.807, 2.05) is 0 Å². The van der Waals surface area contributed by atoms with Crippen LogP contribution in [0.5, 0.6) is 0 Å². The molecule has 0 saturated heterocycles. The van der Waals surface area contributed by atoms with Crippen molar-refractivity contribution < 1.29 is 5.11 Å². The molecule has 2 heteroatoms. The van der Waals surface area contributed by atoms with E-state index in [1.165, 1.54) is 11.1 Å². The first-order valence-electron chi connectivity index (χ1n) is 5.18. The van der Waals surface area contributed by atoms with Gasteiger partial charge in [-0.3, -0.25) is 0 Å². The van der Waals surface area contributed by atoms with Gasteiger partial charge in [-0.05, 0) is 43.9 Å². The predicted molar refractivity (Wildman–Crippen MR) is 58.6 cm³/mol. The largest absolute Gasteiger partial charge is 0.391 e. The van der Waals surface area contributed by atoms with Crippen molar-refractivity contribution in [3.8, 4) is 0 Å². The minimum absolute atomic E-state index is 0.157. The van der Waals surface area contributed by atoms with Crippen LogP contribution in [0.25, 0.3) is 0 Å². The minimum atomic E-state index is -0.157. The normalized spacial score (nSPS) is 25.6. The van der Waals surface area contributed by atoms with E-state index in [2.05, 4.69) is 37.4 Å². The Morgan fingerprint density at radius 1 is 1.29 bits per heavy atom. The average molecular weight is 191 g/mol. The molecule has 1 aromatic carbocycles. The van der Waals surface area contributed by atoms with Gasteiger partial charge in [-0.25, -0.2) is 0 Å². The van der Waals surface area contributed by atoms with Crippen LogP contribution in [0.2, 0.25) is 0 Å². The second kappa shape index (κ2) is 3.62. The van der Waals surface area contributed by atoms with E-state index in [9.17, 15) is 5.11 Å². The Morgan fingerprint density at radius 3 is 2.64 bits per heavy atom. The highest BCUT2D eigenvalue weighted by Crippen LogP contribution is 2.26. The maximum absolute atomic E-state index is 9.47. The van der Waals surface area contributed by atoms with E-state index in [-0.39, 0.29) is 12.1 Å². The standard InChI is InChI=1S/C12H17NO/c1-8-3-4-9(2)11(7-8)13-10-5-6-12(10)14/h3-4,7,10,12-14H,5-6H2,1-2H3/t10-,12-/m1/s1. The smallest absolute Gasteiger partial charge is 0.0741 e. The second-order valence-corrected chi connectivity index (χ2v) is 4.21. The summed E-state index contributed by atoms with van der Waals surface area (Å²) in [7, 11) is 0. The van der Waals surface area contributed by atoms with Crippen molar-refractivity contribution in [1.29, 1.82) is 0 Å². The van der Waals surface area contributed by atoms with Crippen LogP contribution in [-0.2, 0) is 0 Å². The van der Waals surface area contributed by atoms with Crippen molar-refractivity contribution in [2.24, 2.45) is 0 Å². The molecular formula is C12H17NO. The molecule has 0 radical (unpaired) electrons. The zero-order chi connectivity index (χ0) is 10.1. The third-order valence-corrected chi connectivity index (χ3v) is 2.97. The molecule has 14 heavy (non-hydrogen) atoms. The van der Waals surface area contributed by atoms with Crippen molar-refractivity contribution in [3.05, 3.63) is 29.3 Å². The molecule has 76 valence electrons. The summed E-state index contributed by atoms with van der Waals surface area (Å²) >= 11 is 0. The minimum Gasteiger partial charge on any atom is -0.391 e. The summed E-state index contributed by atoms with van der Waals surface area (Å²) in [4.78, 5) is 0. The van der Waals surface area contributed by atoms with Gasteiger partial charge in [-0.2, -0.15) is 0 Å². The highest BCUT2D eigenvalue weighted by atomic mass is 16.3. The van der Waals surface area contributed by atoms with Crippen molar-refractivity contribution >= 4 is 5.69 Å². The molecule has 1 aliphatic carbocycles. The Labute approximate surface area is 85.0 Å². The van der Waals surface area contributed by atoms with E-state index < -0.39 is 0 Å². The Balaban J connectivity index is 2.11. The summed E-state index contributed by atoms with van der Waals surface area (Å²) in [6.45, 7) is 4.18. The summed E-state index contributed by atoms with van der Waals surface area (Å²) in [6, 6.07) is 6.62. The summed E-state index contributed by atoms with van der Waals surface area (Å²) in [5.74, 6) is 0. The van der Waals surface area contributed by atoms with Gasteiger partial charge in [0, 0.05) is 5.69 Å². The molecule has 0 bridgehead atoms. The Kier molecular flexibility index (Phi) is 2.46. The van der Waals surface area contributed by atoms with E-state index in [1.54, 1.807) is 0 Å². The monoisotopic (exact) mass is 191 g/mol. The summed E-state index contributed by atoms with van der Waals surface area (Å²) in [5, 5.41) is 12.9. The second-order valence-electron chi connectivity index (χ2n) is 4.21. The zero-order valence-electron chi connectivity index (χ0n) is 8.75. The Hall–Kier alpha value is -1.02. The first kappa shape index (κ1) is 9.53. The van der Waals surface area contributed by atoms with E-state index >= 15 is 0 Å². The molecular weight excluding hydrogens is 174 g/mol. The number of rotatable bonds is 2. The SMILES string of the molecule is Cc1ccc(C)c(N[C@@H]2CC[C@H]2O)c1. The predicted octanol–water partition coefficient (Wildman–Crippen LogP) is 2.24. The lowest BCUT2D eigenvalue weighted by atomic mass is 9.89. The maximum atomic E-state index is 9.47. The fourth-order valence-electron chi connectivity index (χ4n) is 1.74. The lowest BCUT2D eigenvalue weighted by Crippen LogP contribution is -2.42. The first-order chi connectivity index (χ1) is 6.66. The highest BCUT2D eigenvalue weighted by Gasteiger charge is 2.28. The van der Waals surface area contributed by atoms with Crippen molar-refractivity contribution in [1.82, 2.24) is 0 Å². The third kappa shape index (κ3) is 1.75. The summed E-state index contributed by atoms with van der Waals surface area (Å²) in [6.07, 6.45) is 1.85. The van der Waals surface area contributed by atoms with Crippen LogP contribution in [0.3, 0.4) is 0 Å². The number of aliphatic hydroxyl groups excluding tert-OH is 1. The van der Waals surface area contributed by atoms with Crippen LogP contribution in [0, 0.1) is 13.8 Å². The van der Waals surface area contributed by atoms with Crippen LogP contribution >= 0.6 is 0 Å². The molecule has 1 aromatic rings. The van der Waals surface area contributed by atoms with Crippen molar-refractivity contribution in [2.75, 3.05) is 5.32 Å². The molecule has 1 aliphatic rings. The Morgan fingerprint density at radius 2 is 2.07 bits per heavy atom. The molecule has 1 fully saturated rings. The van der Waals surface area contributed by atoms with E-state index in [0.717, 1.165) is 18.5 Å². The molecule has 1 saturated carbocycles. The van der Waals surface area contributed by atoms with Crippen LogP contribution in [0.15, 0.2) is 18.2 Å². The fraction of sp³-hybridized carbons (Fsp3) is 0.500. The van der Waals surface area contributed by atoms with Gasteiger partial charge in [0.25, 0.3) is 0 Å². The van der Waals surface area contributed by atoms with Crippen LogP contribution in [0.1, 0.15) is 24.0 Å². The summed E-state index contributed by atoms with van der Waals surface area (Å²) in [5.41, 5.74) is 3.66. The number of nitrogens with one attached hydrogen (secondary N) is 1. The molecule has 0 unspecified atom stereocenters. The van der Waals surface area contributed by atoms with Crippen LogP contribution in [0.4, 0.5) is 5.69 Å². The zero-order valence-corrected chi connectivity index (χ0v) is 8.75. The van der Waals surface area contributed by atoms with Gasteiger partial charge >= 0.3 is 0 Å². The van der Waals surface area contributed by atoms with Gasteiger partial charge in [0.1, 0.15) is 0 Å². The van der Waals surface area contributed by atoms with Crippen LogP contribution < -0.4 is 5.32 Å². The number of hydrogen-bond acceptors (Lipinski definition) is 2. The van der Waals surface area contributed by atoms with Gasteiger partial charge in [0.2, 0.25) is 0 Å². The molecule has 0 spiro atoms. The van der Waals surface area contributed by atoms with E-state index in [4.69, 9.17) is 0 Å². The molecule has 0 aromatic heterocycles. The van der Waals surface area contributed by atoms with Crippen LogP contribution in [-0.4, -0.2) is 17.3 Å². The average Bonchev–Trinajstić information content (AvgIpc) is 2.17.